The van der Waals surface area contributed by atoms with Crippen LogP contribution in [0.4, 0.5) is 13.2 Å². The number of halogens is 5. The third-order valence-electron chi connectivity index (χ3n) is 7.89. The van der Waals surface area contributed by atoms with Crippen LogP contribution in [0.5, 0.6) is 5.75 Å². The first-order valence-electron chi connectivity index (χ1n) is 11.2. The Morgan fingerprint density at radius 2 is 1.83 bits per heavy atom. The first-order chi connectivity index (χ1) is 16.3. The molecule has 7 nitrogen and oxygen atoms in total. The summed E-state index contributed by atoms with van der Waals surface area (Å²) in [6, 6.07) is 4.04. The number of esters is 1. The van der Waals surface area contributed by atoms with Gasteiger partial charge in [0.25, 0.3) is 0 Å². The quantitative estimate of drug-likeness (QED) is 0.236. The molecule has 3 unspecified atom stereocenters. The van der Waals surface area contributed by atoms with Gasteiger partial charge in [0.05, 0.1) is 18.6 Å². The average Bonchev–Trinajstić information content (AvgIpc) is 2.77. The highest BCUT2D eigenvalue weighted by Crippen LogP contribution is 2.66. The number of benzene rings is 1. The maximum Gasteiger partial charge on any atom is 0.364 e. The van der Waals surface area contributed by atoms with Crippen LogP contribution in [0.2, 0.25) is 0 Å². The van der Waals surface area contributed by atoms with E-state index in [1.807, 2.05) is 12.1 Å². The Labute approximate surface area is 227 Å². The summed E-state index contributed by atoms with van der Waals surface area (Å²) < 4.78 is 92.6. The molecule has 3 atom stereocenters. The van der Waals surface area contributed by atoms with Crippen LogP contribution in [0, 0.1) is 30.3 Å². The van der Waals surface area contributed by atoms with Gasteiger partial charge in [-0.15, -0.1) is 0 Å². The maximum atomic E-state index is 13.7. The molecule has 4 aliphatic carbocycles. The van der Waals surface area contributed by atoms with E-state index in [1.165, 1.54) is 0 Å². The van der Waals surface area contributed by atoms with Crippen LogP contribution in [-0.4, -0.2) is 42.8 Å². The number of alkyl halides is 3. The molecule has 0 radical (unpaired) electrons. The molecule has 4 saturated carbocycles. The third kappa shape index (κ3) is 4.28. The molecule has 35 heavy (non-hydrogen) atoms. The highest BCUT2D eigenvalue weighted by atomic mass is 127. The SMILES string of the molecule is O=C(OCCC(F)C(F)(F)S(=O)(=O)[O-])C12CC3CC(C1)C1(OCc4cc(I)c(I)cc4O1)C(C3)C2. The average molecular weight is 741 g/mol. The van der Waals surface area contributed by atoms with Crippen LogP contribution in [0.25, 0.3) is 0 Å². The molecule has 4 fully saturated rings. The molecule has 0 aromatic heterocycles. The lowest BCUT2D eigenvalue weighted by Gasteiger charge is -2.63. The summed E-state index contributed by atoms with van der Waals surface area (Å²) in [7, 11) is -6.16. The Kier molecular flexibility index (Phi) is 6.62. The molecule has 194 valence electrons. The van der Waals surface area contributed by atoms with E-state index in [0.717, 1.165) is 31.3 Å². The van der Waals surface area contributed by atoms with Gasteiger partial charge in [0.15, 0.2) is 16.3 Å². The molecule has 0 saturated heterocycles. The van der Waals surface area contributed by atoms with Crippen LogP contribution in [0.15, 0.2) is 12.1 Å². The molecule has 1 aliphatic heterocycles. The van der Waals surface area contributed by atoms with Gasteiger partial charge in [0.2, 0.25) is 5.79 Å². The summed E-state index contributed by atoms with van der Waals surface area (Å²) in [5, 5.41) is -5.08. The predicted molar refractivity (Wildman–Crippen MR) is 131 cm³/mol. The van der Waals surface area contributed by atoms with Crippen LogP contribution < -0.4 is 4.74 Å². The summed E-state index contributed by atoms with van der Waals surface area (Å²) >= 11 is 4.52. The number of rotatable bonds is 6. The first kappa shape index (κ1) is 26.2. The van der Waals surface area contributed by atoms with Gasteiger partial charge in [-0.25, -0.2) is 12.8 Å². The van der Waals surface area contributed by atoms with Crippen LogP contribution in [0.3, 0.4) is 0 Å². The normalized spacial score (nSPS) is 34.4. The molecule has 13 heteroatoms. The van der Waals surface area contributed by atoms with Gasteiger partial charge in [-0.3, -0.25) is 4.79 Å². The van der Waals surface area contributed by atoms with Crippen molar-refractivity contribution in [2.24, 2.45) is 23.2 Å². The van der Waals surface area contributed by atoms with Crippen molar-refractivity contribution in [1.82, 2.24) is 0 Å². The molecule has 1 aromatic rings. The highest BCUT2D eigenvalue weighted by Gasteiger charge is 2.68. The molecule has 6 rings (SSSR count). The van der Waals surface area contributed by atoms with E-state index in [2.05, 4.69) is 45.2 Å². The number of hydrogen-bond donors (Lipinski definition) is 0. The Bertz CT molecular complexity index is 1150. The summed E-state index contributed by atoms with van der Waals surface area (Å²) in [5.41, 5.74) is 0.134. The van der Waals surface area contributed by atoms with Gasteiger partial charge in [-0.2, -0.15) is 8.78 Å². The van der Waals surface area contributed by atoms with Crippen LogP contribution in [-0.2, 0) is 31.0 Å². The van der Waals surface area contributed by atoms with E-state index < -0.39 is 51.7 Å². The lowest BCUT2D eigenvalue weighted by Crippen LogP contribution is -2.67. The predicted octanol–water partition coefficient (Wildman–Crippen LogP) is 4.74. The van der Waals surface area contributed by atoms with E-state index in [1.54, 1.807) is 0 Å². The largest absolute Gasteiger partial charge is 0.743 e. The maximum absolute atomic E-state index is 13.7. The van der Waals surface area contributed by atoms with Crippen molar-refractivity contribution < 1.29 is 45.1 Å². The number of fused-ring (bicyclic) bond motifs is 1. The molecule has 1 aromatic carbocycles. The molecule has 1 spiro atoms. The minimum atomic E-state index is -6.16. The highest BCUT2D eigenvalue weighted by molar-refractivity contribution is 14.1. The summed E-state index contributed by atoms with van der Waals surface area (Å²) in [4.78, 5) is 13.1. The van der Waals surface area contributed by atoms with Gasteiger partial charge in [0, 0.05) is 31.0 Å². The lowest BCUT2D eigenvalue weighted by molar-refractivity contribution is -0.326. The van der Waals surface area contributed by atoms with Crippen molar-refractivity contribution in [3.63, 3.8) is 0 Å². The molecule has 0 amide bonds. The van der Waals surface area contributed by atoms with Gasteiger partial charge in [0.1, 0.15) is 5.75 Å². The molecular formula is C22H22F3I2O7S-. The topological polar surface area (TPSA) is 102 Å². The second-order valence-electron chi connectivity index (χ2n) is 10.0. The molecule has 0 N–H and O–H groups in total. The van der Waals surface area contributed by atoms with Crippen LogP contribution in [0.1, 0.15) is 44.1 Å². The summed E-state index contributed by atoms with van der Waals surface area (Å²) in [6.07, 6.45) is -1.19. The number of carbonyl (C=O) groups excluding carboxylic acids is 1. The fourth-order valence-corrected chi connectivity index (χ4v) is 7.88. The zero-order chi connectivity index (χ0) is 25.4. The van der Waals surface area contributed by atoms with E-state index in [9.17, 15) is 30.9 Å². The van der Waals surface area contributed by atoms with Crippen molar-refractivity contribution in [2.45, 2.75) is 62.3 Å². The summed E-state index contributed by atoms with van der Waals surface area (Å²) in [6.45, 7) is -0.332. The van der Waals surface area contributed by atoms with E-state index in [-0.39, 0.29) is 17.8 Å². The smallest absolute Gasteiger partial charge is 0.364 e. The van der Waals surface area contributed by atoms with Gasteiger partial charge in [-0.05, 0) is 95.3 Å². The number of hydrogen-bond acceptors (Lipinski definition) is 7. The van der Waals surface area contributed by atoms with Gasteiger partial charge < -0.3 is 18.8 Å². The van der Waals surface area contributed by atoms with Crippen molar-refractivity contribution >= 4 is 61.3 Å². The third-order valence-corrected chi connectivity index (χ3v) is 11.6. The monoisotopic (exact) mass is 741 g/mol. The molecular weight excluding hydrogens is 719 g/mol. The zero-order valence-electron chi connectivity index (χ0n) is 18.3. The Morgan fingerprint density at radius 3 is 2.46 bits per heavy atom. The van der Waals surface area contributed by atoms with E-state index in [4.69, 9.17) is 14.2 Å². The minimum absolute atomic E-state index is 0.0600. The summed E-state index contributed by atoms with van der Waals surface area (Å²) in [5.74, 6) is -0.510. The van der Waals surface area contributed by atoms with Gasteiger partial charge in [-0.1, -0.05) is 0 Å². The zero-order valence-corrected chi connectivity index (χ0v) is 23.4. The fraction of sp³-hybridized carbons (Fsp3) is 0.682. The van der Waals surface area contributed by atoms with E-state index >= 15 is 0 Å². The van der Waals surface area contributed by atoms with Gasteiger partial charge >= 0.3 is 11.2 Å². The standard InChI is InChI=1S/C22H23F3I2O7S/c23-18(22(24,25)35(29,30)31)1-2-32-19(28)20-7-11-3-13(8-20)21(14(4-11)9-20)33-10-12-5-15(26)16(27)6-17(12)34-21/h5-6,11,13-14,18H,1-4,7-10H2,(H,29,30,31)/p-1. The van der Waals surface area contributed by atoms with Crippen molar-refractivity contribution in [3.05, 3.63) is 24.8 Å². The minimum Gasteiger partial charge on any atom is -0.743 e. The van der Waals surface area contributed by atoms with Crippen molar-refractivity contribution in [1.29, 1.82) is 0 Å². The second kappa shape index (κ2) is 8.83. The number of ether oxygens (including phenoxy) is 3. The molecule has 4 bridgehead atoms. The van der Waals surface area contributed by atoms with Crippen LogP contribution >= 0.6 is 45.2 Å². The number of carbonyl (C=O) groups is 1. The lowest BCUT2D eigenvalue weighted by atomic mass is 9.47. The second-order valence-corrected chi connectivity index (χ2v) is 13.8. The van der Waals surface area contributed by atoms with E-state index in [0.29, 0.717) is 25.9 Å². The Morgan fingerprint density at radius 1 is 1.20 bits per heavy atom. The Hall–Kier alpha value is -0.390. The first-order valence-corrected chi connectivity index (χ1v) is 14.8. The van der Waals surface area contributed by atoms with Crippen molar-refractivity contribution in [2.75, 3.05) is 6.61 Å². The fourth-order valence-electron chi connectivity index (χ4n) is 6.48. The van der Waals surface area contributed by atoms with Crippen molar-refractivity contribution in [3.8, 4) is 5.75 Å². The molecule has 1 heterocycles. The molecule has 5 aliphatic rings. The Balaban J connectivity index is 1.28.